The number of benzene rings is 2. The van der Waals surface area contributed by atoms with Crippen molar-refractivity contribution in [2.24, 2.45) is 4.99 Å². The van der Waals surface area contributed by atoms with Crippen molar-refractivity contribution in [3.05, 3.63) is 71.0 Å². The van der Waals surface area contributed by atoms with E-state index in [-0.39, 0.29) is 13.3 Å². The van der Waals surface area contributed by atoms with E-state index in [1.807, 2.05) is 41.0 Å². The molecular formula is C24H24ClN5O4. The number of aliphatic imine (C=N–C) groups is 1. The highest BCUT2D eigenvalue weighted by Crippen LogP contribution is 2.31. The van der Waals surface area contributed by atoms with Crippen molar-refractivity contribution in [2.45, 2.75) is 13.7 Å². The number of hydrogen-bond donors (Lipinski definition) is 0. The van der Waals surface area contributed by atoms with E-state index in [4.69, 9.17) is 30.8 Å². The maximum absolute atomic E-state index is 12.1. The third-order valence-electron chi connectivity index (χ3n) is 4.90. The van der Waals surface area contributed by atoms with E-state index < -0.39 is 5.97 Å². The van der Waals surface area contributed by atoms with Crippen LogP contribution >= 0.6 is 11.6 Å². The quantitative estimate of drug-likeness (QED) is 0.189. The predicted molar refractivity (Wildman–Crippen MR) is 129 cm³/mol. The summed E-state index contributed by atoms with van der Waals surface area (Å²) in [7, 11) is 1.61. The summed E-state index contributed by atoms with van der Waals surface area (Å²) in [5.41, 5.74) is 3.26. The van der Waals surface area contributed by atoms with Gasteiger partial charge < -0.3 is 14.2 Å². The van der Waals surface area contributed by atoms with Gasteiger partial charge in [-0.3, -0.25) is 9.56 Å². The fourth-order valence-corrected chi connectivity index (χ4v) is 3.46. The second-order valence-corrected chi connectivity index (χ2v) is 7.63. The summed E-state index contributed by atoms with van der Waals surface area (Å²) in [5.74, 6) is 0.0107. The summed E-state index contributed by atoms with van der Waals surface area (Å²) in [6.07, 6.45) is 4.76. The number of ether oxygens (including phenoxy) is 3. The lowest BCUT2D eigenvalue weighted by atomic mass is 10.2. The molecule has 0 bridgehead atoms. The molecular weight excluding hydrogens is 458 g/mol. The normalized spacial score (nSPS) is 11.5. The van der Waals surface area contributed by atoms with Gasteiger partial charge in [0.05, 0.1) is 53.3 Å². The van der Waals surface area contributed by atoms with Crippen molar-refractivity contribution in [3.8, 4) is 5.95 Å². The number of aromatic nitrogens is 4. The van der Waals surface area contributed by atoms with Crippen molar-refractivity contribution in [3.63, 3.8) is 0 Å². The van der Waals surface area contributed by atoms with E-state index in [0.717, 1.165) is 11.1 Å². The van der Waals surface area contributed by atoms with Crippen LogP contribution in [0.15, 0.2) is 59.9 Å². The molecule has 0 saturated heterocycles. The standard InChI is InChI=1S/C24H24ClN5O4/c1-3-34-23(31)18-14-27-30(15-18)24-28-21-12-20(26-13-17-7-5-4-6-8-17)19(25)11-22(21)29(24)16-33-10-9-32-2/h4-8,11-15H,3,9-10,16H2,1-2H3/b26-13+. The minimum Gasteiger partial charge on any atom is -0.462 e. The maximum Gasteiger partial charge on any atom is 0.341 e. The Kier molecular flexibility index (Phi) is 7.69. The first-order valence-electron chi connectivity index (χ1n) is 10.7. The Morgan fingerprint density at radius 2 is 2.03 bits per heavy atom. The molecule has 0 saturated carbocycles. The first-order chi connectivity index (χ1) is 16.6. The number of nitrogens with zero attached hydrogens (tertiary/aromatic N) is 5. The SMILES string of the molecule is CCOC(=O)c1cnn(-c2nc3cc(/N=C/c4ccccc4)c(Cl)cc3n2COCCOC)c1. The number of esters is 1. The van der Waals surface area contributed by atoms with Crippen molar-refractivity contribution >= 4 is 40.5 Å². The molecule has 0 aliphatic carbocycles. The van der Waals surface area contributed by atoms with Gasteiger partial charge in [0.25, 0.3) is 0 Å². The van der Waals surface area contributed by atoms with Gasteiger partial charge in [0, 0.05) is 19.5 Å². The van der Waals surface area contributed by atoms with Crippen LogP contribution in [-0.2, 0) is 20.9 Å². The smallest absolute Gasteiger partial charge is 0.341 e. The van der Waals surface area contributed by atoms with E-state index in [2.05, 4.69) is 10.1 Å². The monoisotopic (exact) mass is 481 g/mol. The largest absolute Gasteiger partial charge is 0.462 e. The van der Waals surface area contributed by atoms with Crippen LogP contribution in [0.4, 0.5) is 5.69 Å². The van der Waals surface area contributed by atoms with Gasteiger partial charge in [-0.25, -0.2) is 14.5 Å². The number of carbonyl (C=O) groups excluding carboxylic acids is 1. The fourth-order valence-electron chi connectivity index (χ4n) is 3.26. The molecule has 4 rings (SSSR count). The molecule has 0 spiro atoms. The van der Waals surface area contributed by atoms with Crippen LogP contribution in [0.2, 0.25) is 5.02 Å². The highest BCUT2D eigenvalue weighted by molar-refractivity contribution is 6.33. The highest BCUT2D eigenvalue weighted by Gasteiger charge is 2.18. The first-order valence-corrected chi connectivity index (χ1v) is 11.1. The summed E-state index contributed by atoms with van der Waals surface area (Å²) >= 11 is 6.56. The van der Waals surface area contributed by atoms with E-state index in [0.29, 0.717) is 41.0 Å². The molecule has 0 radical (unpaired) electrons. The lowest BCUT2D eigenvalue weighted by Gasteiger charge is -2.10. The number of carbonyl (C=O) groups is 1. The van der Waals surface area contributed by atoms with Crippen LogP contribution in [-0.4, -0.2) is 58.4 Å². The molecule has 2 aromatic carbocycles. The topological polar surface area (TPSA) is 92.8 Å². The molecule has 176 valence electrons. The second kappa shape index (κ2) is 11.1. The Balaban J connectivity index is 1.73. The molecule has 10 heteroatoms. The minimum atomic E-state index is -0.451. The molecule has 2 aromatic heterocycles. The lowest BCUT2D eigenvalue weighted by molar-refractivity contribution is 0.0356. The van der Waals surface area contributed by atoms with E-state index in [1.54, 1.807) is 32.5 Å². The molecule has 4 aromatic rings. The first kappa shape index (κ1) is 23.6. The third-order valence-corrected chi connectivity index (χ3v) is 5.20. The summed E-state index contributed by atoms with van der Waals surface area (Å²) in [6.45, 7) is 3.07. The zero-order valence-electron chi connectivity index (χ0n) is 18.8. The van der Waals surface area contributed by atoms with Gasteiger partial charge in [-0.1, -0.05) is 41.9 Å². The highest BCUT2D eigenvalue weighted by atomic mass is 35.5. The number of halogens is 1. The van der Waals surface area contributed by atoms with Crippen molar-refractivity contribution < 1.29 is 19.0 Å². The van der Waals surface area contributed by atoms with Gasteiger partial charge in [-0.2, -0.15) is 5.10 Å². The lowest BCUT2D eigenvalue weighted by Crippen LogP contribution is -2.12. The molecule has 0 fully saturated rings. The van der Waals surface area contributed by atoms with Gasteiger partial charge >= 0.3 is 5.97 Å². The van der Waals surface area contributed by atoms with E-state index in [9.17, 15) is 4.79 Å². The molecule has 0 atom stereocenters. The van der Waals surface area contributed by atoms with Crippen LogP contribution in [0.3, 0.4) is 0 Å². The van der Waals surface area contributed by atoms with E-state index in [1.165, 1.54) is 10.9 Å². The Labute approximate surface area is 201 Å². The Bertz CT molecular complexity index is 1300. The Morgan fingerprint density at radius 3 is 2.79 bits per heavy atom. The molecule has 0 aliphatic heterocycles. The number of methoxy groups -OCH3 is 1. The van der Waals surface area contributed by atoms with Gasteiger partial charge in [-0.15, -0.1) is 0 Å². The molecule has 9 nitrogen and oxygen atoms in total. The van der Waals surface area contributed by atoms with Crippen LogP contribution < -0.4 is 0 Å². The summed E-state index contributed by atoms with van der Waals surface area (Å²) < 4.78 is 19.2. The van der Waals surface area contributed by atoms with E-state index >= 15 is 0 Å². The minimum absolute atomic E-state index is 0.187. The number of fused-ring (bicyclic) bond motifs is 1. The molecule has 0 amide bonds. The van der Waals surface area contributed by atoms with Gasteiger partial charge in [-0.05, 0) is 24.6 Å². The zero-order chi connectivity index (χ0) is 23.9. The van der Waals surface area contributed by atoms with Gasteiger partial charge in [0.2, 0.25) is 5.95 Å². The summed E-state index contributed by atoms with van der Waals surface area (Å²) in [6, 6.07) is 13.3. The zero-order valence-corrected chi connectivity index (χ0v) is 19.6. The predicted octanol–water partition coefficient (Wildman–Crippen LogP) is 4.42. The van der Waals surface area contributed by atoms with Crippen LogP contribution in [0.25, 0.3) is 17.0 Å². The van der Waals surface area contributed by atoms with Crippen LogP contribution in [0, 0.1) is 0 Å². The molecule has 34 heavy (non-hydrogen) atoms. The summed E-state index contributed by atoms with van der Waals surface area (Å²) in [5, 5.41) is 4.77. The second-order valence-electron chi connectivity index (χ2n) is 7.23. The Morgan fingerprint density at radius 1 is 1.21 bits per heavy atom. The van der Waals surface area contributed by atoms with Gasteiger partial charge in [0.15, 0.2) is 0 Å². The molecule has 0 unspecified atom stereocenters. The average molecular weight is 482 g/mol. The van der Waals surface area contributed by atoms with Gasteiger partial charge in [0.1, 0.15) is 6.73 Å². The fraction of sp³-hybridized carbons (Fsp3) is 0.250. The van der Waals surface area contributed by atoms with Crippen molar-refractivity contribution in [1.82, 2.24) is 19.3 Å². The molecule has 0 aliphatic rings. The molecule has 2 heterocycles. The van der Waals surface area contributed by atoms with Crippen LogP contribution in [0.5, 0.6) is 0 Å². The van der Waals surface area contributed by atoms with Crippen molar-refractivity contribution in [1.29, 1.82) is 0 Å². The number of rotatable bonds is 10. The molecule has 0 N–H and O–H groups in total. The number of imidazole rings is 1. The average Bonchev–Trinajstić information content (AvgIpc) is 3.46. The van der Waals surface area contributed by atoms with Crippen molar-refractivity contribution in [2.75, 3.05) is 26.9 Å². The third kappa shape index (κ3) is 5.33. The Hall–Kier alpha value is -3.53. The maximum atomic E-state index is 12.1. The van der Waals surface area contributed by atoms with Crippen LogP contribution in [0.1, 0.15) is 22.8 Å². The number of hydrogen-bond acceptors (Lipinski definition) is 7. The summed E-state index contributed by atoms with van der Waals surface area (Å²) in [4.78, 5) is 21.4.